The molecule has 0 spiro atoms. The first-order valence-electron chi connectivity index (χ1n) is 6.27. The van der Waals surface area contributed by atoms with Crippen LogP contribution in [0.4, 0.5) is 0 Å². The SMILES string of the molecule is CCCC1(O)CN(CC(=O)N(CC)CC)C1. The van der Waals surface area contributed by atoms with E-state index in [-0.39, 0.29) is 5.91 Å². The molecule has 0 saturated carbocycles. The standard InChI is InChI=1S/C12H24N2O2/c1-4-7-12(16)9-13(10-12)8-11(15)14(5-2)6-3/h16H,4-10H2,1-3H3. The molecule has 0 aromatic rings. The van der Waals surface area contributed by atoms with Crippen molar-refractivity contribution >= 4 is 5.91 Å². The number of hydrogen-bond acceptors (Lipinski definition) is 3. The Morgan fingerprint density at radius 3 is 2.31 bits per heavy atom. The molecule has 16 heavy (non-hydrogen) atoms. The summed E-state index contributed by atoms with van der Waals surface area (Å²) in [7, 11) is 0. The minimum atomic E-state index is -0.529. The fraction of sp³-hybridized carbons (Fsp3) is 0.917. The molecular weight excluding hydrogens is 204 g/mol. The van der Waals surface area contributed by atoms with E-state index < -0.39 is 5.60 Å². The second kappa shape index (κ2) is 5.64. The highest BCUT2D eigenvalue weighted by Gasteiger charge is 2.40. The molecule has 4 nitrogen and oxygen atoms in total. The van der Waals surface area contributed by atoms with E-state index in [4.69, 9.17) is 0 Å². The molecule has 0 aliphatic carbocycles. The van der Waals surface area contributed by atoms with E-state index in [0.717, 1.165) is 25.9 Å². The van der Waals surface area contributed by atoms with Crippen LogP contribution in [0, 0.1) is 0 Å². The summed E-state index contributed by atoms with van der Waals surface area (Å²) in [5.41, 5.74) is -0.529. The summed E-state index contributed by atoms with van der Waals surface area (Å²) in [6.07, 6.45) is 1.83. The first kappa shape index (κ1) is 13.5. The van der Waals surface area contributed by atoms with Crippen LogP contribution in [0.1, 0.15) is 33.6 Å². The number of aliphatic hydroxyl groups is 1. The normalized spacial score (nSPS) is 19.2. The van der Waals surface area contributed by atoms with Gasteiger partial charge in [-0.2, -0.15) is 0 Å². The van der Waals surface area contributed by atoms with Crippen molar-refractivity contribution in [1.29, 1.82) is 0 Å². The highest BCUT2D eigenvalue weighted by molar-refractivity contribution is 5.78. The maximum absolute atomic E-state index is 11.8. The first-order chi connectivity index (χ1) is 7.54. The average molecular weight is 228 g/mol. The molecule has 4 heteroatoms. The number of carbonyl (C=O) groups is 1. The highest BCUT2D eigenvalue weighted by atomic mass is 16.3. The largest absolute Gasteiger partial charge is 0.387 e. The molecule has 1 aliphatic heterocycles. The van der Waals surface area contributed by atoms with Gasteiger partial charge in [0.1, 0.15) is 0 Å². The van der Waals surface area contributed by atoms with E-state index >= 15 is 0 Å². The number of rotatable bonds is 6. The lowest BCUT2D eigenvalue weighted by atomic mass is 9.89. The zero-order valence-electron chi connectivity index (χ0n) is 10.7. The number of carbonyl (C=O) groups excluding carboxylic acids is 1. The van der Waals surface area contributed by atoms with Gasteiger partial charge in [-0.3, -0.25) is 9.69 Å². The van der Waals surface area contributed by atoms with Gasteiger partial charge in [-0.15, -0.1) is 0 Å². The minimum absolute atomic E-state index is 0.170. The van der Waals surface area contributed by atoms with E-state index in [1.165, 1.54) is 0 Å². The van der Waals surface area contributed by atoms with Gasteiger partial charge in [0.15, 0.2) is 0 Å². The van der Waals surface area contributed by atoms with Crippen LogP contribution in [0.25, 0.3) is 0 Å². The summed E-state index contributed by atoms with van der Waals surface area (Å²) < 4.78 is 0. The molecule has 1 aliphatic rings. The summed E-state index contributed by atoms with van der Waals surface area (Å²) in [6.45, 7) is 9.33. The van der Waals surface area contributed by atoms with Crippen molar-refractivity contribution < 1.29 is 9.90 Å². The van der Waals surface area contributed by atoms with Gasteiger partial charge in [0.2, 0.25) is 5.91 Å². The molecule has 1 rings (SSSR count). The molecule has 1 amide bonds. The Hall–Kier alpha value is -0.610. The fourth-order valence-corrected chi connectivity index (χ4v) is 2.39. The summed E-state index contributed by atoms with van der Waals surface area (Å²) in [5, 5.41) is 9.98. The van der Waals surface area contributed by atoms with Crippen LogP contribution >= 0.6 is 0 Å². The molecule has 0 atom stereocenters. The topological polar surface area (TPSA) is 43.8 Å². The smallest absolute Gasteiger partial charge is 0.236 e. The lowest BCUT2D eigenvalue weighted by Crippen LogP contribution is -2.63. The predicted octanol–water partition coefficient (Wildman–Crippen LogP) is 0.702. The third-order valence-corrected chi connectivity index (χ3v) is 3.23. The molecule has 1 heterocycles. The predicted molar refractivity (Wildman–Crippen MR) is 64.2 cm³/mol. The van der Waals surface area contributed by atoms with Crippen LogP contribution in [0.15, 0.2) is 0 Å². The van der Waals surface area contributed by atoms with Gasteiger partial charge < -0.3 is 10.0 Å². The van der Waals surface area contributed by atoms with Crippen molar-refractivity contribution in [2.24, 2.45) is 0 Å². The van der Waals surface area contributed by atoms with Crippen molar-refractivity contribution in [2.45, 2.75) is 39.2 Å². The molecule has 0 aromatic carbocycles. The average Bonchev–Trinajstić information content (AvgIpc) is 2.17. The van der Waals surface area contributed by atoms with Crippen molar-refractivity contribution in [3.05, 3.63) is 0 Å². The Morgan fingerprint density at radius 2 is 1.88 bits per heavy atom. The molecule has 0 aromatic heterocycles. The van der Waals surface area contributed by atoms with Gasteiger partial charge in [-0.05, 0) is 20.3 Å². The quantitative estimate of drug-likeness (QED) is 0.728. The number of amides is 1. The Balaban J connectivity index is 2.29. The molecule has 1 fully saturated rings. The fourth-order valence-electron chi connectivity index (χ4n) is 2.39. The van der Waals surface area contributed by atoms with Gasteiger partial charge in [0.25, 0.3) is 0 Å². The number of nitrogens with zero attached hydrogens (tertiary/aromatic N) is 2. The van der Waals surface area contributed by atoms with Crippen molar-refractivity contribution in [3.8, 4) is 0 Å². The van der Waals surface area contributed by atoms with Crippen LogP contribution < -0.4 is 0 Å². The van der Waals surface area contributed by atoms with Crippen molar-refractivity contribution in [2.75, 3.05) is 32.7 Å². The third-order valence-electron chi connectivity index (χ3n) is 3.23. The van der Waals surface area contributed by atoms with E-state index in [1.807, 2.05) is 23.6 Å². The number of β-amino-alcohol motifs (C(OH)–C–C–N with tert-alkyl or cyclic N) is 1. The molecule has 0 radical (unpaired) electrons. The number of hydrogen-bond donors (Lipinski definition) is 1. The van der Waals surface area contributed by atoms with E-state index in [9.17, 15) is 9.90 Å². The van der Waals surface area contributed by atoms with Gasteiger partial charge in [0, 0.05) is 26.2 Å². The van der Waals surface area contributed by atoms with Crippen molar-refractivity contribution in [3.63, 3.8) is 0 Å². The van der Waals surface area contributed by atoms with Gasteiger partial charge >= 0.3 is 0 Å². The Kier molecular flexibility index (Phi) is 4.74. The summed E-state index contributed by atoms with van der Waals surface area (Å²) in [6, 6.07) is 0. The van der Waals surface area contributed by atoms with Gasteiger partial charge in [-0.25, -0.2) is 0 Å². The van der Waals surface area contributed by atoms with Crippen molar-refractivity contribution in [1.82, 2.24) is 9.80 Å². The molecular formula is C12H24N2O2. The number of likely N-dealkylation sites (tertiary alicyclic amines) is 1. The summed E-state index contributed by atoms with van der Waals surface area (Å²) >= 11 is 0. The molecule has 0 unspecified atom stereocenters. The van der Waals surface area contributed by atoms with Gasteiger partial charge in [-0.1, -0.05) is 13.3 Å². The van der Waals surface area contributed by atoms with Gasteiger partial charge in [0.05, 0.1) is 12.1 Å². The van der Waals surface area contributed by atoms with Crippen LogP contribution in [0.5, 0.6) is 0 Å². The van der Waals surface area contributed by atoms with E-state index in [0.29, 0.717) is 19.6 Å². The first-order valence-corrected chi connectivity index (χ1v) is 6.27. The molecule has 0 bridgehead atoms. The third kappa shape index (κ3) is 3.19. The monoisotopic (exact) mass is 228 g/mol. The highest BCUT2D eigenvalue weighted by Crippen LogP contribution is 2.25. The van der Waals surface area contributed by atoms with E-state index in [1.54, 1.807) is 0 Å². The number of likely N-dealkylation sites (N-methyl/N-ethyl adjacent to an activating group) is 1. The zero-order valence-corrected chi connectivity index (χ0v) is 10.7. The Bertz CT molecular complexity index is 233. The molecule has 1 N–H and O–H groups in total. The van der Waals surface area contributed by atoms with Crippen LogP contribution in [-0.2, 0) is 4.79 Å². The van der Waals surface area contributed by atoms with Crippen LogP contribution in [0.2, 0.25) is 0 Å². The summed E-state index contributed by atoms with van der Waals surface area (Å²) in [5.74, 6) is 0.170. The minimum Gasteiger partial charge on any atom is -0.387 e. The van der Waals surface area contributed by atoms with Crippen LogP contribution in [-0.4, -0.2) is 59.1 Å². The van der Waals surface area contributed by atoms with E-state index in [2.05, 4.69) is 6.92 Å². The Labute approximate surface area is 98.2 Å². The second-order valence-electron chi connectivity index (χ2n) is 4.69. The maximum atomic E-state index is 11.8. The lowest BCUT2D eigenvalue weighted by molar-refractivity contribution is -0.142. The maximum Gasteiger partial charge on any atom is 0.236 e. The summed E-state index contributed by atoms with van der Waals surface area (Å²) in [4.78, 5) is 15.6. The zero-order chi connectivity index (χ0) is 12.2. The molecule has 1 saturated heterocycles. The lowest BCUT2D eigenvalue weighted by Gasteiger charge is -2.46. The Morgan fingerprint density at radius 1 is 1.31 bits per heavy atom. The second-order valence-corrected chi connectivity index (χ2v) is 4.69. The molecule has 94 valence electrons. The van der Waals surface area contributed by atoms with Crippen LogP contribution in [0.3, 0.4) is 0 Å².